The first-order valence-electron chi connectivity index (χ1n) is 3.56. The smallest absolute Gasteiger partial charge is 0.0765 e. The highest BCUT2D eigenvalue weighted by molar-refractivity contribution is 5.41. The minimum absolute atomic E-state index is 0.0839. The van der Waals surface area contributed by atoms with Gasteiger partial charge in [0.1, 0.15) is 0 Å². The fourth-order valence-corrected chi connectivity index (χ4v) is 1.99. The molecule has 1 heteroatoms. The Bertz CT molecular complexity index is 236. The van der Waals surface area contributed by atoms with Gasteiger partial charge in [-0.1, -0.05) is 12.5 Å². The maximum absolute atomic E-state index is 9.30. The molecule has 52 valence electrons. The van der Waals surface area contributed by atoms with Gasteiger partial charge in [-0.05, 0) is 24.3 Å². The molecule has 2 aliphatic rings. The predicted molar refractivity (Wildman–Crippen MR) is 39.1 cm³/mol. The summed E-state index contributed by atoms with van der Waals surface area (Å²) >= 11 is 0. The fourth-order valence-electron chi connectivity index (χ4n) is 1.99. The number of aliphatic hydroxyl groups is 1. The molecule has 0 unspecified atom stereocenters. The molecule has 3 atom stereocenters. The van der Waals surface area contributed by atoms with Gasteiger partial charge in [-0.15, -0.1) is 6.42 Å². The van der Waals surface area contributed by atoms with Crippen LogP contribution in [0.4, 0.5) is 0 Å². The van der Waals surface area contributed by atoms with E-state index in [9.17, 15) is 5.11 Å². The molecule has 0 bridgehead atoms. The van der Waals surface area contributed by atoms with Crippen molar-refractivity contribution in [2.24, 2.45) is 11.3 Å². The normalized spacial score (nSPS) is 50.2. The number of aliphatic hydroxyl groups excluding tert-OH is 1. The van der Waals surface area contributed by atoms with E-state index in [1.165, 1.54) is 0 Å². The summed E-state index contributed by atoms with van der Waals surface area (Å²) < 4.78 is 0. The van der Waals surface area contributed by atoms with Gasteiger partial charge in [-0.2, -0.15) is 0 Å². The molecular weight excluding hydrogens is 124 g/mol. The number of hydrogen-bond acceptors (Lipinski definition) is 1. The molecule has 1 nitrogen and oxygen atoms in total. The number of hydrogen-bond donors (Lipinski definition) is 1. The molecule has 2 saturated carbocycles. The van der Waals surface area contributed by atoms with E-state index in [1.54, 1.807) is 0 Å². The van der Waals surface area contributed by atoms with E-state index in [0.717, 1.165) is 18.4 Å². The zero-order chi connectivity index (χ0) is 7.35. The molecule has 0 aromatic rings. The Labute approximate surface area is 60.8 Å². The summed E-state index contributed by atoms with van der Waals surface area (Å²) in [6.07, 6.45) is 6.91. The second kappa shape index (κ2) is 1.46. The average molecular weight is 134 g/mol. The highest BCUT2D eigenvalue weighted by atomic mass is 16.3. The van der Waals surface area contributed by atoms with E-state index >= 15 is 0 Å². The van der Waals surface area contributed by atoms with Crippen LogP contribution in [0.3, 0.4) is 0 Å². The monoisotopic (exact) mass is 134 g/mol. The Morgan fingerprint density at radius 2 is 2.50 bits per heavy atom. The van der Waals surface area contributed by atoms with E-state index < -0.39 is 0 Å². The minimum Gasteiger partial charge on any atom is -0.389 e. The van der Waals surface area contributed by atoms with Crippen LogP contribution < -0.4 is 0 Å². The summed E-state index contributed by atoms with van der Waals surface area (Å²) in [5.74, 6) is 3.28. The molecule has 1 N–H and O–H groups in total. The fraction of sp³-hybridized carbons (Fsp3) is 0.556. The molecular formula is C9H10O. The number of terminal acetylenes is 1. The molecule has 0 spiro atoms. The van der Waals surface area contributed by atoms with E-state index in [-0.39, 0.29) is 11.5 Å². The Morgan fingerprint density at radius 3 is 2.80 bits per heavy atom. The largest absolute Gasteiger partial charge is 0.389 e. The number of fused-ring (bicyclic) bond motifs is 1. The van der Waals surface area contributed by atoms with E-state index in [0.29, 0.717) is 5.92 Å². The van der Waals surface area contributed by atoms with Gasteiger partial charge in [0.05, 0.1) is 11.5 Å². The van der Waals surface area contributed by atoms with Crippen LogP contribution in [0.1, 0.15) is 12.8 Å². The maximum Gasteiger partial charge on any atom is 0.0765 e. The van der Waals surface area contributed by atoms with Crippen molar-refractivity contribution in [2.45, 2.75) is 18.9 Å². The second-order valence-electron chi connectivity index (χ2n) is 3.29. The van der Waals surface area contributed by atoms with Crippen molar-refractivity contribution < 1.29 is 5.11 Å². The van der Waals surface area contributed by atoms with Crippen LogP contribution in [-0.2, 0) is 0 Å². The molecule has 2 aliphatic carbocycles. The summed E-state index contributed by atoms with van der Waals surface area (Å²) in [5.41, 5.74) is 0.791. The van der Waals surface area contributed by atoms with Crippen molar-refractivity contribution >= 4 is 0 Å². The van der Waals surface area contributed by atoms with Crippen LogP contribution in [0.15, 0.2) is 12.2 Å². The van der Waals surface area contributed by atoms with Gasteiger partial charge in [-0.3, -0.25) is 0 Å². The topological polar surface area (TPSA) is 20.2 Å². The van der Waals surface area contributed by atoms with Crippen LogP contribution >= 0.6 is 0 Å². The van der Waals surface area contributed by atoms with Crippen molar-refractivity contribution in [2.75, 3.05) is 0 Å². The van der Waals surface area contributed by atoms with E-state index in [1.807, 2.05) is 0 Å². The zero-order valence-electron chi connectivity index (χ0n) is 5.80. The van der Waals surface area contributed by atoms with Crippen LogP contribution in [0.25, 0.3) is 0 Å². The Kier molecular flexibility index (Phi) is 0.877. The van der Waals surface area contributed by atoms with Gasteiger partial charge in [0.25, 0.3) is 0 Å². The van der Waals surface area contributed by atoms with Gasteiger partial charge in [0.15, 0.2) is 0 Å². The second-order valence-corrected chi connectivity index (χ2v) is 3.29. The lowest BCUT2D eigenvalue weighted by Gasteiger charge is -2.09. The van der Waals surface area contributed by atoms with Crippen LogP contribution in [0.5, 0.6) is 0 Å². The molecule has 0 aromatic carbocycles. The van der Waals surface area contributed by atoms with Gasteiger partial charge in [0.2, 0.25) is 0 Å². The zero-order valence-corrected chi connectivity index (χ0v) is 5.80. The maximum atomic E-state index is 9.30. The van der Waals surface area contributed by atoms with Crippen molar-refractivity contribution in [1.29, 1.82) is 0 Å². The molecule has 0 heterocycles. The summed E-state index contributed by atoms with van der Waals surface area (Å²) in [4.78, 5) is 0. The van der Waals surface area contributed by atoms with Crippen molar-refractivity contribution in [1.82, 2.24) is 0 Å². The molecule has 0 amide bonds. The Morgan fingerprint density at radius 1 is 1.80 bits per heavy atom. The third-order valence-electron chi connectivity index (χ3n) is 2.85. The average Bonchev–Trinajstić information content (AvgIpc) is 2.57. The van der Waals surface area contributed by atoms with Crippen molar-refractivity contribution in [3.63, 3.8) is 0 Å². The summed E-state index contributed by atoms with van der Waals surface area (Å²) in [6, 6.07) is 0. The lowest BCUT2D eigenvalue weighted by molar-refractivity contribution is 0.206. The quantitative estimate of drug-likeness (QED) is 0.386. The van der Waals surface area contributed by atoms with Gasteiger partial charge < -0.3 is 5.11 Å². The standard InChI is InChI=1S/C9H10O/c1-3-9-5-7(9)4-8(10)6(9)2/h1,7-8,10H,2,4-5H2/t7-,8+,9-/m1/s1. The van der Waals surface area contributed by atoms with Gasteiger partial charge in [-0.25, -0.2) is 0 Å². The molecule has 2 fully saturated rings. The molecule has 0 aromatic heterocycles. The lowest BCUT2D eigenvalue weighted by Crippen LogP contribution is -2.09. The summed E-state index contributed by atoms with van der Waals surface area (Å²) in [7, 11) is 0. The third kappa shape index (κ3) is 0.446. The lowest BCUT2D eigenvalue weighted by atomic mass is 9.99. The first-order chi connectivity index (χ1) is 4.70. The van der Waals surface area contributed by atoms with E-state index in [2.05, 4.69) is 12.5 Å². The Balaban J connectivity index is 2.33. The first kappa shape index (κ1) is 6.00. The molecule has 2 rings (SSSR count). The van der Waals surface area contributed by atoms with Gasteiger partial charge >= 0.3 is 0 Å². The molecule has 0 saturated heterocycles. The van der Waals surface area contributed by atoms with Crippen molar-refractivity contribution in [3.8, 4) is 12.3 Å². The summed E-state index contributed by atoms with van der Waals surface area (Å²) in [5, 5.41) is 9.30. The number of rotatable bonds is 0. The van der Waals surface area contributed by atoms with Crippen LogP contribution in [0, 0.1) is 23.7 Å². The Hall–Kier alpha value is -0.740. The van der Waals surface area contributed by atoms with E-state index in [4.69, 9.17) is 6.42 Å². The SMILES string of the molecule is C#C[C@]12C[C@H]1C[C@H](O)C2=C. The first-order valence-corrected chi connectivity index (χ1v) is 3.56. The predicted octanol–water partition coefficient (Wildman–Crippen LogP) is 0.947. The molecule has 0 aliphatic heterocycles. The van der Waals surface area contributed by atoms with Crippen LogP contribution in [0.2, 0.25) is 0 Å². The highest BCUT2D eigenvalue weighted by Crippen LogP contribution is 2.65. The van der Waals surface area contributed by atoms with Gasteiger partial charge in [0, 0.05) is 0 Å². The highest BCUT2D eigenvalue weighted by Gasteiger charge is 2.61. The molecule has 10 heavy (non-hydrogen) atoms. The molecule has 0 radical (unpaired) electrons. The summed E-state index contributed by atoms with van der Waals surface area (Å²) in [6.45, 7) is 3.81. The van der Waals surface area contributed by atoms with Crippen molar-refractivity contribution in [3.05, 3.63) is 12.2 Å². The third-order valence-corrected chi connectivity index (χ3v) is 2.85. The van der Waals surface area contributed by atoms with Crippen LogP contribution in [-0.4, -0.2) is 11.2 Å². The minimum atomic E-state index is -0.324.